The molecule has 3 amide bonds. The Morgan fingerprint density at radius 2 is 2.16 bits per heavy atom. The van der Waals surface area contributed by atoms with Gasteiger partial charge in [-0.15, -0.1) is 0 Å². The summed E-state index contributed by atoms with van der Waals surface area (Å²) in [5.74, 6) is -1.49. The topological polar surface area (TPSA) is 131 Å². The molecule has 0 spiro atoms. The van der Waals surface area contributed by atoms with Gasteiger partial charge >= 0.3 is 12.0 Å². The summed E-state index contributed by atoms with van der Waals surface area (Å²) in [7, 11) is 0. The molecule has 3 N–H and O–H groups in total. The van der Waals surface area contributed by atoms with Crippen LogP contribution in [0.2, 0.25) is 0 Å². The van der Waals surface area contributed by atoms with Crippen molar-refractivity contribution in [1.82, 2.24) is 15.8 Å². The van der Waals surface area contributed by atoms with E-state index in [0.29, 0.717) is 11.5 Å². The van der Waals surface area contributed by atoms with Gasteiger partial charge in [0.05, 0.1) is 12.2 Å². The zero-order valence-electron chi connectivity index (χ0n) is 10.1. The van der Waals surface area contributed by atoms with Crippen LogP contribution in [0.1, 0.15) is 11.5 Å². The summed E-state index contributed by atoms with van der Waals surface area (Å²) in [4.78, 5) is 32.5. The van der Waals surface area contributed by atoms with Gasteiger partial charge in [0, 0.05) is 6.07 Å². The first-order valence-corrected chi connectivity index (χ1v) is 5.27. The third-order valence-corrected chi connectivity index (χ3v) is 1.81. The molecule has 1 aromatic heterocycles. The lowest BCUT2D eigenvalue weighted by molar-refractivity contribution is -0.143. The summed E-state index contributed by atoms with van der Waals surface area (Å²) in [6.07, 6.45) is 0. The van der Waals surface area contributed by atoms with Crippen LogP contribution in [0.3, 0.4) is 0 Å². The molecule has 0 bridgehead atoms. The second-order valence-corrected chi connectivity index (χ2v) is 3.55. The number of aliphatic carboxylic acids is 1. The number of aromatic nitrogens is 1. The number of carboxylic acids is 1. The molecule has 0 aromatic carbocycles. The highest BCUT2D eigenvalue weighted by Crippen LogP contribution is 2.00. The monoisotopic (exact) mass is 271 g/mol. The first-order valence-electron chi connectivity index (χ1n) is 5.27. The average molecular weight is 271 g/mol. The number of aryl methyl sites for hydroxylation is 1. The van der Waals surface area contributed by atoms with E-state index < -0.39 is 31.1 Å². The number of nitrogens with one attached hydrogen (secondary N) is 2. The molecule has 19 heavy (non-hydrogen) atoms. The highest BCUT2D eigenvalue weighted by Gasteiger charge is 2.09. The molecule has 9 heteroatoms. The molecule has 0 radical (unpaired) electrons. The lowest BCUT2D eigenvalue weighted by Gasteiger charge is -2.04. The van der Waals surface area contributed by atoms with Crippen molar-refractivity contribution in [3.63, 3.8) is 0 Å². The third kappa shape index (κ3) is 6.17. The number of imide groups is 1. The molecule has 1 aromatic rings. The summed E-state index contributed by atoms with van der Waals surface area (Å²) in [6.45, 7) is 0.694. The summed E-state index contributed by atoms with van der Waals surface area (Å²) in [6, 6.07) is 0.899. The Morgan fingerprint density at radius 3 is 2.74 bits per heavy atom. The summed E-state index contributed by atoms with van der Waals surface area (Å²) in [5.41, 5.74) is 0.676. The SMILES string of the molecule is Cc1cc(CNC(=O)NC(=O)COCC(=O)O)on1. The standard InChI is InChI=1S/C10H13N3O6/c1-6-2-7(19-13-6)3-11-10(17)12-8(14)4-18-5-9(15)16/h2H,3-5H2,1H3,(H,15,16)(H2,11,12,14,17). The van der Waals surface area contributed by atoms with Crippen molar-refractivity contribution in [2.45, 2.75) is 13.5 Å². The Kier molecular flexibility index (Phi) is 5.48. The minimum atomic E-state index is -1.20. The van der Waals surface area contributed by atoms with Crippen molar-refractivity contribution in [3.05, 3.63) is 17.5 Å². The van der Waals surface area contributed by atoms with Gasteiger partial charge in [-0.3, -0.25) is 10.1 Å². The van der Waals surface area contributed by atoms with Gasteiger partial charge in [0.2, 0.25) is 0 Å². The molecule has 0 atom stereocenters. The zero-order valence-corrected chi connectivity index (χ0v) is 10.1. The molecular weight excluding hydrogens is 258 g/mol. The van der Waals surface area contributed by atoms with Gasteiger partial charge in [-0.1, -0.05) is 5.16 Å². The fourth-order valence-electron chi connectivity index (χ4n) is 1.10. The lowest BCUT2D eigenvalue weighted by atomic mass is 10.4. The predicted molar refractivity (Wildman–Crippen MR) is 60.1 cm³/mol. The minimum absolute atomic E-state index is 0.0793. The van der Waals surface area contributed by atoms with E-state index in [-0.39, 0.29) is 6.54 Å². The van der Waals surface area contributed by atoms with Gasteiger partial charge in [-0.05, 0) is 6.92 Å². The summed E-state index contributed by atoms with van der Waals surface area (Å²) < 4.78 is 9.35. The van der Waals surface area contributed by atoms with Crippen LogP contribution in [0.5, 0.6) is 0 Å². The van der Waals surface area contributed by atoms with Gasteiger partial charge in [-0.2, -0.15) is 0 Å². The maximum Gasteiger partial charge on any atom is 0.329 e. The van der Waals surface area contributed by atoms with Crippen molar-refractivity contribution in [3.8, 4) is 0 Å². The van der Waals surface area contributed by atoms with Crippen molar-refractivity contribution >= 4 is 17.9 Å². The molecule has 0 aliphatic rings. The third-order valence-electron chi connectivity index (χ3n) is 1.81. The Labute approximate surface area is 107 Å². The first-order chi connectivity index (χ1) is 8.97. The van der Waals surface area contributed by atoms with Crippen LogP contribution >= 0.6 is 0 Å². The Balaban J connectivity index is 2.19. The van der Waals surface area contributed by atoms with E-state index in [2.05, 4.69) is 15.2 Å². The van der Waals surface area contributed by atoms with E-state index in [9.17, 15) is 14.4 Å². The molecule has 0 unspecified atom stereocenters. The van der Waals surface area contributed by atoms with Crippen LogP contribution in [0.25, 0.3) is 0 Å². The lowest BCUT2D eigenvalue weighted by Crippen LogP contribution is -2.41. The highest BCUT2D eigenvalue weighted by molar-refractivity contribution is 5.94. The number of nitrogens with zero attached hydrogens (tertiary/aromatic N) is 1. The number of carbonyl (C=O) groups excluding carboxylic acids is 2. The molecule has 0 aliphatic heterocycles. The van der Waals surface area contributed by atoms with Gasteiger partial charge in [0.1, 0.15) is 13.2 Å². The molecule has 1 heterocycles. The van der Waals surface area contributed by atoms with E-state index in [1.807, 2.05) is 5.32 Å². The first kappa shape index (κ1) is 14.6. The van der Waals surface area contributed by atoms with Crippen molar-refractivity contribution in [2.24, 2.45) is 0 Å². The molecule has 0 fully saturated rings. The molecule has 9 nitrogen and oxygen atoms in total. The van der Waals surface area contributed by atoms with Gasteiger partial charge in [-0.25, -0.2) is 9.59 Å². The molecule has 104 valence electrons. The van der Waals surface area contributed by atoms with E-state index in [4.69, 9.17) is 9.63 Å². The van der Waals surface area contributed by atoms with E-state index >= 15 is 0 Å². The molecular formula is C10H13N3O6. The van der Waals surface area contributed by atoms with Crippen LogP contribution in [0.4, 0.5) is 4.79 Å². The number of carbonyl (C=O) groups is 3. The molecule has 1 rings (SSSR count). The number of hydrogen-bond donors (Lipinski definition) is 3. The molecule has 0 saturated heterocycles. The van der Waals surface area contributed by atoms with Crippen molar-refractivity contribution in [2.75, 3.05) is 13.2 Å². The second-order valence-electron chi connectivity index (χ2n) is 3.55. The second kappa shape index (κ2) is 7.11. The minimum Gasteiger partial charge on any atom is -0.480 e. The fourth-order valence-corrected chi connectivity index (χ4v) is 1.10. The molecule has 0 aliphatic carbocycles. The number of carboxylic acid groups (broad SMARTS) is 1. The van der Waals surface area contributed by atoms with E-state index in [1.165, 1.54) is 0 Å². The van der Waals surface area contributed by atoms with Crippen molar-refractivity contribution in [1.29, 1.82) is 0 Å². The highest BCUT2D eigenvalue weighted by atomic mass is 16.5. The maximum absolute atomic E-state index is 11.3. The Bertz CT molecular complexity index is 470. The normalized spacial score (nSPS) is 9.95. The quantitative estimate of drug-likeness (QED) is 0.630. The average Bonchev–Trinajstić information content (AvgIpc) is 2.72. The summed E-state index contributed by atoms with van der Waals surface area (Å²) in [5, 5.41) is 16.2. The maximum atomic E-state index is 11.3. The number of amides is 3. The fraction of sp³-hybridized carbons (Fsp3) is 0.400. The van der Waals surface area contributed by atoms with Crippen LogP contribution in [0.15, 0.2) is 10.6 Å². The Morgan fingerprint density at radius 1 is 1.42 bits per heavy atom. The Hall–Kier alpha value is -2.42. The van der Waals surface area contributed by atoms with Crippen LogP contribution in [-0.4, -0.2) is 41.4 Å². The van der Waals surface area contributed by atoms with Crippen LogP contribution < -0.4 is 10.6 Å². The number of hydrogen-bond acceptors (Lipinski definition) is 6. The number of ether oxygens (including phenoxy) is 1. The van der Waals surface area contributed by atoms with Crippen LogP contribution in [-0.2, 0) is 20.9 Å². The van der Waals surface area contributed by atoms with Gasteiger partial charge in [0.15, 0.2) is 5.76 Å². The molecule has 0 saturated carbocycles. The largest absolute Gasteiger partial charge is 0.480 e. The summed E-state index contributed by atoms with van der Waals surface area (Å²) >= 11 is 0. The van der Waals surface area contributed by atoms with Gasteiger partial charge < -0.3 is 19.7 Å². The van der Waals surface area contributed by atoms with Crippen molar-refractivity contribution < 1.29 is 28.8 Å². The number of rotatable bonds is 6. The predicted octanol–water partition coefficient (Wildman–Crippen LogP) is -0.590. The van der Waals surface area contributed by atoms with E-state index in [1.54, 1.807) is 13.0 Å². The van der Waals surface area contributed by atoms with Gasteiger partial charge in [0.25, 0.3) is 5.91 Å². The zero-order chi connectivity index (χ0) is 14.3. The van der Waals surface area contributed by atoms with E-state index in [0.717, 1.165) is 0 Å². The number of urea groups is 1. The van der Waals surface area contributed by atoms with Crippen LogP contribution in [0, 0.1) is 6.92 Å². The smallest absolute Gasteiger partial charge is 0.329 e.